The molecule has 0 aliphatic carbocycles. The van der Waals surface area contributed by atoms with E-state index in [9.17, 15) is 4.57 Å². The zero-order valence-corrected chi connectivity index (χ0v) is 9.09. The molecule has 0 saturated carbocycles. The fourth-order valence-electron chi connectivity index (χ4n) is 0.901. The lowest BCUT2D eigenvalue weighted by Crippen LogP contribution is -1.93. The Morgan fingerprint density at radius 1 is 1.38 bits per heavy atom. The van der Waals surface area contributed by atoms with E-state index in [2.05, 4.69) is 0 Å². The SMILES string of the molecule is CP(=O)(Cl)COCc1ccccc1. The van der Waals surface area contributed by atoms with Gasteiger partial charge in [0.05, 0.1) is 6.61 Å². The van der Waals surface area contributed by atoms with Gasteiger partial charge >= 0.3 is 0 Å². The van der Waals surface area contributed by atoms with Crippen LogP contribution in [0.25, 0.3) is 0 Å². The summed E-state index contributed by atoms with van der Waals surface area (Å²) >= 11 is 5.53. The fourth-order valence-corrected chi connectivity index (χ4v) is 1.53. The number of rotatable bonds is 4. The van der Waals surface area contributed by atoms with Crippen LogP contribution >= 0.6 is 17.7 Å². The molecule has 0 heterocycles. The smallest absolute Gasteiger partial charge is 0.190 e. The van der Waals surface area contributed by atoms with Gasteiger partial charge in [0, 0.05) is 6.66 Å². The van der Waals surface area contributed by atoms with Crippen molar-refractivity contribution >= 4 is 17.7 Å². The maximum atomic E-state index is 11.0. The molecule has 13 heavy (non-hydrogen) atoms. The first-order chi connectivity index (χ1) is 6.08. The average molecular weight is 219 g/mol. The minimum absolute atomic E-state index is 0.128. The summed E-state index contributed by atoms with van der Waals surface area (Å²) in [5, 5.41) is 0. The van der Waals surface area contributed by atoms with E-state index < -0.39 is 6.49 Å². The van der Waals surface area contributed by atoms with Gasteiger partial charge in [-0.25, -0.2) is 0 Å². The average Bonchev–Trinajstić information content (AvgIpc) is 2.04. The number of hydrogen-bond donors (Lipinski definition) is 0. The molecule has 0 aliphatic rings. The molecule has 0 amide bonds. The summed E-state index contributed by atoms with van der Waals surface area (Å²) in [5.41, 5.74) is 1.06. The Balaban J connectivity index is 2.33. The van der Waals surface area contributed by atoms with E-state index >= 15 is 0 Å². The molecule has 2 nitrogen and oxygen atoms in total. The van der Waals surface area contributed by atoms with Crippen LogP contribution in [0.4, 0.5) is 0 Å². The Hall–Kier alpha value is -0.300. The Labute approximate surface area is 83.0 Å². The minimum atomic E-state index is -2.55. The zero-order valence-electron chi connectivity index (χ0n) is 7.44. The number of halogens is 1. The summed E-state index contributed by atoms with van der Waals surface area (Å²) in [5.74, 6) is 0. The molecule has 0 aromatic heterocycles. The van der Waals surface area contributed by atoms with Crippen molar-refractivity contribution in [1.29, 1.82) is 0 Å². The lowest BCUT2D eigenvalue weighted by Gasteiger charge is -2.05. The summed E-state index contributed by atoms with van der Waals surface area (Å²) < 4.78 is 16.2. The number of ether oxygens (including phenoxy) is 1. The van der Waals surface area contributed by atoms with Crippen LogP contribution in [0.3, 0.4) is 0 Å². The molecule has 0 spiro atoms. The van der Waals surface area contributed by atoms with E-state index in [4.69, 9.17) is 16.0 Å². The Morgan fingerprint density at radius 2 is 2.00 bits per heavy atom. The van der Waals surface area contributed by atoms with E-state index in [0.717, 1.165) is 5.56 Å². The van der Waals surface area contributed by atoms with Gasteiger partial charge in [-0.1, -0.05) is 41.6 Å². The number of benzene rings is 1. The highest BCUT2D eigenvalue weighted by Gasteiger charge is 2.09. The van der Waals surface area contributed by atoms with Crippen molar-refractivity contribution < 1.29 is 9.30 Å². The van der Waals surface area contributed by atoms with Crippen LogP contribution in [0.5, 0.6) is 0 Å². The summed E-state index contributed by atoms with van der Waals surface area (Å²) in [6.45, 7) is -0.589. The van der Waals surface area contributed by atoms with Crippen molar-refractivity contribution in [3.05, 3.63) is 35.9 Å². The molecular weight excluding hydrogens is 207 g/mol. The second-order valence-corrected chi connectivity index (χ2v) is 7.32. The summed E-state index contributed by atoms with van der Waals surface area (Å²) in [6, 6.07) is 9.72. The second-order valence-electron chi connectivity index (χ2n) is 2.95. The van der Waals surface area contributed by atoms with Crippen molar-refractivity contribution in [2.45, 2.75) is 6.61 Å². The number of hydrogen-bond acceptors (Lipinski definition) is 2. The van der Waals surface area contributed by atoms with Gasteiger partial charge in [-0.05, 0) is 5.56 Å². The van der Waals surface area contributed by atoms with Crippen LogP contribution in [0.1, 0.15) is 5.56 Å². The van der Waals surface area contributed by atoms with Crippen molar-refractivity contribution in [1.82, 2.24) is 0 Å². The standard InChI is InChI=1S/C9H12ClO2P/c1-13(10,11)8-12-7-9-5-3-2-4-6-9/h2-6H,7-8H2,1H3. The van der Waals surface area contributed by atoms with Crippen LogP contribution < -0.4 is 0 Å². The monoisotopic (exact) mass is 218 g/mol. The first kappa shape index (κ1) is 10.8. The molecule has 72 valence electrons. The third kappa shape index (κ3) is 5.09. The Kier molecular flexibility index (Phi) is 3.98. The topological polar surface area (TPSA) is 26.3 Å². The van der Waals surface area contributed by atoms with E-state index in [0.29, 0.717) is 6.61 Å². The van der Waals surface area contributed by atoms with Gasteiger partial charge in [0.2, 0.25) is 0 Å². The van der Waals surface area contributed by atoms with E-state index in [1.165, 1.54) is 6.66 Å². The van der Waals surface area contributed by atoms with Crippen LogP contribution in [0.2, 0.25) is 0 Å². The van der Waals surface area contributed by atoms with Crippen molar-refractivity contribution in [3.8, 4) is 0 Å². The molecule has 1 unspecified atom stereocenters. The van der Waals surface area contributed by atoms with Crippen molar-refractivity contribution in [2.75, 3.05) is 13.0 Å². The molecule has 1 aromatic rings. The fraction of sp³-hybridized carbons (Fsp3) is 0.333. The maximum absolute atomic E-state index is 11.0. The summed E-state index contributed by atoms with van der Waals surface area (Å²) in [7, 11) is 0. The highest BCUT2D eigenvalue weighted by atomic mass is 35.7. The summed E-state index contributed by atoms with van der Waals surface area (Å²) in [4.78, 5) is 0. The zero-order chi connectivity index (χ0) is 9.73. The molecule has 1 atom stereocenters. The van der Waals surface area contributed by atoms with Crippen molar-refractivity contribution in [3.63, 3.8) is 0 Å². The lowest BCUT2D eigenvalue weighted by atomic mass is 10.2. The largest absolute Gasteiger partial charge is 0.368 e. The third-order valence-electron chi connectivity index (χ3n) is 1.43. The van der Waals surface area contributed by atoms with Gasteiger partial charge in [-0.15, -0.1) is 0 Å². The van der Waals surface area contributed by atoms with E-state index in [1.54, 1.807) is 0 Å². The van der Waals surface area contributed by atoms with Gasteiger partial charge in [-0.2, -0.15) is 0 Å². The van der Waals surface area contributed by atoms with E-state index in [-0.39, 0.29) is 6.35 Å². The molecule has 0 N–H and O–H groups in total. The second kappa shape index (κ2) is 4.80. The molecule has 4 heteroatoms. The first-order valence-electron chi connectivity index (χ1n) is 3.96. The van der Waals surface area contributed by atoms with E-state index in [1.807, 2.05) is 30.3 Å². The third-order valence-corrected chi connectivity index (χ3v) is 2.37. The predicted molar refractivity (Wildman–Crippen MR) is 55.5 cm³/mol. The van der Waals surface area contributed by atoms with Crippen molar-refractivity contribution in [2.24, 2.45) is 0 Å². The van der Waals surface area contributed by atoms with Gasteiger partial charge in [0.1, 0.15) is 6.35 Å². The van der Waals surface area contributed by atoms with Crippen LogP contribution in [0, 0.1) is 0 Å². The normalized spacial score (nSPS) is 15.2. The molecule has 0 saturated heterocycles. The predicted octanol–water partition coefficient (Wildman–Crippen LogP) is 3.31. The highest BCUT2D eigenvalue weighted by molar-refractivity contribution is 7.88. The van der Waals surface area contributed by atoms with Crippen LogP contribution in [-0.2, 0) is 15.9 Å². The van der Waals surface area contributed by atoms with Crippen LogP contribution in [-0.4, -0.2) is 13.0 Å². The lowest BCUT2D eigenvalue weighted by molar-refractivity contribution is 0.163. The maximum Gasteiger partial charge on any atom is 0.190 e. The molecule has 0 bridgehead atoms. The van der Waals surface area contributed by atoms with Gasteiger partial charge < -0.3 is 9.30 Å². The molecule has 0 radical (unpaired) electrons. The van der Waals surface area contributed by atoms with Gasteiger partial charge in [0.25, 0.3) is 0 Å². The molecule has 0 aliphatic heterocycles. The first-order valence-corrected chi connectivity index (χ1v) is 7.20. The van der Waals surface area contributed by atoms with Gasteiger partial charge in [-0.3, -0.25) is 0 Å². The molecule has 1 aromatic carbocycles. The van der Waals surface area contributed by atoms with Gasteiger partial charge in [0.15, 0.2) is 6.49 Å². The molecule has 0 fully saturated rings. The quantitative estimate of drug-likeness (QED) is 0.725. The Bertz CT molecular complexity index is 294. The van der Waals surface area contributed by atoms with Crippen LogP contribution in [0.15, 0.2) is 30.3 Å². The highest BCUT2D eigenvalue weighted by Crippen LogP contribution is 2.46. The Morgan fingerprint density at radius 3 is 2.54 bits per heavy atom. The summed E-state index contributed by atoms with van der Waals surface area (Å²) in [6.07, 6.45) is 0.128. The molecule has 1 rings (SSSR count). The minimum Gasteiger partial charge on any atom is -0.368 e. The molecular formula is C9H12ClO2P.